The van der Waals surface area contributed by atoms with Gasteiger partial charge in [0, 0.05) is 48.3 Å². The average molecular weight is 498 g/mol. The van der Waals surface area contributed by atoms with Crippen LogP contribution in [0, 0.1) is 0 Å². The monoisotopic (exact) mass is 497 g/mol. The lowest BCUT2D eigenvalue weighted by molar-refractivity contribution is -0.400. The SMILES string of the molecule is C/N=C(\C=C\c1ccc(-c2ccc(/C=C/C3=[N+](C)c4ccccc4C3)cn2)nc1)C(C)(C)c1ccccc1. The quantitative estimate of drug-likeness (QED) is 0.200. The minimum Gasteiger partial charge on any atom is -0.292 e. The van der Waals surface area contributed by atoms with Crippen LogP contribution in [-0.4, -0.2) is 40.1 Å². The van der Waals surface area contributed by atoms with Crippen molar-refractivity contribution in [1.29, 1.82) is 0 Å². The standard InChI is InChI=1S/C34H33N4/c1-34(2,28-11-6-5-7-12-28)33(35-3)21-17-26-16-20-31(37-24-26)30-19-15-25(23-36-30)14-18-29-22-27-10-8-9-13-32(27)38(29)4/h5-21,23-24H,22H2,1-4H3/q+1/b21-17+,35-33+. The van der Waals surface area contributed by atoms with Crippen LogP contribution in [0.2, 0.25) is 0 Å². The lowest BCUT2D eigenvalue weighted by atomic mass is 9.79. The number of fused-ring (bicyclic) bond motifs is 1. The summed E-state index contributed by atoms with van der Waals surface area (Å²) in [5.74, 6) is 0. The van der Waals surface area contributed by atoms with E-state index in [0.717, 1.165) is 34.6 Å². The van der Waals surface area contributed by atoms with E-state index in [1.165, 1.54) is 22.5 Å². The van der Waals surface area contributed by atoms with Gasteiger partial charge >= 0.3 is 0 Å². The van der Waals surface area contributed by atoms with Gasteiger partial charge in [-0.05, 0) is 41.0 Å². The number of hydrogen-bond acceptors (Lipinski definition) is 3. The van der Waals surface area contributed by atoms with Crippen molar-refractivity contribution >= 4 is 29.3 Å². The van der Waals surface area contributed by atoms with Crippen molar-refractivity contribution in [3.63, 3.8) is 0 Å². The van der Waals surface area contributed by atoms with E-state index >= 15 is 0 Å². The van der Waals surface area contributed by atoms with Crippen molar-refractivity contribution in [3.05, 3.63) is 126 Å². The number of pyridine rings is 2. The molecule has 0 N–H and O–H groups in total. The summed E-state index contributed by atoms with van der Waals surface area (Å²) in [5, 5.41) is 0. The molecule has 4 aromatic rings. The molecular formula is C34H33N4+. The van der Waals surface area contributed by atoms with Crippen LogP contribution in [0.5, 0.6) is 0 Å². The zero-order valence-corrected chi connectivity index (χ0v) is 22.5. The maximum atomic E-state index is 4.66. The highest BCUT2D eigenvalue weighted by molar-refractivity contribution is 6.05. The van der Waals surface area contributed by atoms with Gasteiger partial charge in [0.1, 0.15) is 7.05 Å². The third kappa shape index (κ3) is 5.30. The normalized spacial score (nSPS) is 14.1. The Hall–Kier alpha value is -4.44. The fourth-order valence-electron chi connectivity index (χ4n) is 4.87. The first kappa shape index (κ1) is 25.2. The number of nitrogens with zero attached hydrogens (tertiary/aromatic N) is 4. The number of aliphatic imine (C=N–C) groups is 1. The predicted octanol–water partition coefficient (Wildman–Crippen LogP) is 7.19. The number of aromatic nitrogens is 2. The second kappa shape index (κ2) is 10.9. The third-order valence-corrected chi connectivity index (χ3v) is 7.27. The minimum absolute atomic E-state index is 0.185. The highest BCUT2D eigenvalue weighted by atomic mass is 15.0. The van der Waals surface area contributed by atoms with Crippen molar-refractivity contribution in [2.75, 3.05) is 14.1 Å². The van der Waals surface area contributed by atoms with Gasteiger partial charge in [0.2, 0.25) is 5.69 Å². The highest BCUT2D eigenvalue weighted by Crippen LogP contribution is 2.27. The molecule has 2 aromatic heterocycles. The van der Waals surface area contributed by atoms with Crippen molar-refractivity contribution in [2.45, 2.75) is 25.7 Å². The molecule has 4 nitrogen and oxygen atoms in total. The van der Waals surface area contributed by atoms with E-state index in [-0.39, 0.29) is 5.41 Å². The molecule has 188 valence electrons. The van der Waals surface area contributed by atoms with Crippen molar-refractivity contribution in [2.24, 2.45) is 4.99 Å². The molecule has 5 rings (SSSR count). The zero-order valence-electron chi connectivity index (χ0n) is 22.5. The fraction of sp³-hybridized carbons (Fsp3) is 0.176. The molecule has 2 aromatic carbocycles. The Labute approximate surface area is 225 Å². The molecule has 0 amide bonds. The molecule has 0 atom stereocenters. The lowest BCUT2D eigenvalue weighted by Crippen LogP contribution is -2.27. The molecule has 0 fully saturated rings. The van der Waals surface area contributed by atoms with E-state index in [1.807, 2.05) is 37.6 Å². The van der Waals surface area contributed by atoms with Crippen LogP contribution in [0.15, 0.2) is 108 Å². The molecule has 0 bridgehead atoms. The Kier molecular flexibility index (Phi) is 7.23. The maximum Gasteiger partial charge on any atom is 0.208 e. The Balaban J connectivity index is 1.25. The summed E-state index contributed by atoms with van der Waals surface area (Å²) < 4.78 is 2.26. The molecule has 0 saturated carbocycles. The van der Waals surface area contributed by atoms with E-state index in [0.29, 0.717) is 0 Å². The molecule has 0 radical (unpaired) electrons. The fourth-order valence-corrected chi connectivity index (χ4v) is 4.87. The predicted molar refractivity (Wildman–Crippen MR) is 159 cm³/mol. The Morgan fingerprint density at radius 1 is 0.789 bits per heavy atom. The largest absolute Gasteiger partial charge is 0.292 e. The number of rotatable bonds is 7. The minimum atomic E-state index is -0.185. The molecule has 0 spiro atoms. The lowest BCUT2D eigenvalue weighted by Gasteiger charge is -2.25. The van der Waals surface area contributed by atoms with Crippen molar-refractivity contribution in [3.8, 4) is 11.4 Å². The summed E-state index contributed by atoms with van der Waals surface area (Å²) in [4.78, 5) is 13.9. The summed E-state index contributed by atoms with van der Waals surface area (Å²) in [6.45, 7) is 4.40. The first-order valence-electron chi connectivity index (χ1n) is 12.9. The zero-order chi connectivity index (χ0) is 26.5. The second-order valence-electron chi connectivity index (χ2n) is 10.1. The molecule has 1 aliphatic rings. The number of allylic oxidation sites excluding steroid dienone is 2. The highest BCUT2D eigenvalue weighted by Gasteiger charge is 2.25. The van der Waals surface area contributed by atoms with Gasteiger partial charge < -0.3 is 0 Å². The molecule has 0 saturated heterocycles. The van der Waals surface area contributed by atoms with E-state index < -0.39 is 0 Å². The van der Waals surface area contributed by atoms with Gasteiger partial charge in [0.15, 0.2) is 5.71 Å². The van der Waals surface area contributed by atoms with E-state index in [2.05, 4.69) is 125 Å². The van der Waals surface area contributed by atoms with Crippen LogP contribution in [0.25, 0.3) is 23.5 Å². The smallest absolute Gasteiger partial charge is 0.208 e. The van der Waals surface area contributed by atoms with Crippen LogP contribution in [0.1, 0.15) is 36.1 Å². The number of benzene rings is 2. The van der Waals surface area contributed by atoms with Gasteiger partial charge in [-0.15, -0.1) is 0 Å². The average Bonchev–Trinajstić information content (AvgIpc) is 3.28. The summed E-state index contributed by atoms with van der Waals surface area (Å²) >= 11 is 0. The van der Waals surface area contributed by atoms with E-state index in [4.69, 9.17) is 0 Å². The van der Waals surface area contributed by atoms with Crippen LogP contribution in [0.3, 0.4) is 0 Å². The number of para-hydroxylation sites is 1. The molecule has 38 heavy (non-hydrogen) atoms. The van der Waals surface area contributed by atoms with Crippen LogP contribution < -0.4 is 0 Å². The molecule has 3 heterocycles. The first-order chi connectivity index (χ1) is 18.5. The van der Waals surface area contributed by atoms with Crippen LogP contribution >= 0.6 is 0 Å². The van der Waals surface area contributed by atoms with Gasteiger partial charge in [-0.2, -0.15) is 4.58 Å². The Morgan fingerprint density at radius 3 is 2.03 bits per heavy atom. The van der Waals surface area contributed by atoms with Gasteiger partial charge in [0.05, 0.1) is 17.8 Å². The van der Waals surface area contributed by atoms with Crippen LogP contribution in [0.4, 0.5) is 5.69 Å². The maximum absolute atomic E-state index is 4.66. The summed E-state index contributed by atoms with van der Waals surface area (Å²) in [7, 11) is 3.97. The molecule has 0 aliphatic carbocycles. The van der Waals surface area contributed by atoms with Crippen molar-refractivity contribution < 1.29 is 4.58 Å². The van der Waals surface area contributed by atoms with E-state index in [9.17, 15) is 0 Å². The number of hydrogen-bond donors (Lipinski definition) is 0. The molecule has 4 heteroatoms. The van der Waals surface area contributed by atoms with E-state index in [1.54, 1.807) is 0 Å². The van der Waals surface area contributed by atoms with Gasteiger partial charge in [0.25, 0.3) is 0 Å². The van der Waals surface area contributed by atoms with Crippen LogP contribution in [-0.2, 0) is 11.8 Å². The van der Waals surface area contributed by atoms with Gasteiger partial charge in [-0.1, -0.05) is 80.6 Å². The third-order valence-electron chi connectivity index (χ3n) is 7.27. The van der Waals surface area contributed by atoms with Crippen molar-refractivity contribution in [1.82, 2.24) is 9.97 Å². The molecule has 1 aliphatic heterocycles. The topological polar surface area (TPSA) is 41.1 Å². The summed E-state index contributed by atoms with van der Waals surface area (Å²) in [6, 6.07) is 27.2. The van der Waals surface area contributed by atoms with Gasteiger partial charge in [-0.3, -0.25) is 15.0 Å². The second-order valence-corrected chi connectivity index (χ2v) is 10.1. The Bertz CT molecular complexity index is 1540. The molecular weight excluding hydrogens is 464 g/mol. The first-order valence-corrected chi connectivity index (χ1v) is 12.9. The van der Waals surface area contributed by atoms with Gasteiger partial charge in [-0.25, -0.2) is 0 Å². The summed E-state index contributed by atoms with van der Waals surface area (Å²) in [6.07, 6.45) is 13.2. The Morgan fingerprint density at radius 2 is 1.42 bits per heavy atom. The molecule has 0 unspecified atom stereocenters. The summed E-state index contributed by atoms with van der Waals surface area (Å²) in [5.41, 5.74) is 9.80.